The molecule has 1 nitrogen and oxygen atoms in total. The Balaban J connectivity index is -0.000000125. The van der Waals surface area contributed by atoms with Crippen LogP contribution in [0.15, 0.2) is 0 Å². The fraction of sp³-hybridized carbons (Fsp3) is 0.333. The van der Waals surface area contributed by atoms with Crippen molar-refractivity contribution in [3.63, 3.8) is 0 Å². The predicted octanol–water partition coefficient (Wildman–Crippen LogP) is 2.38. The van der Waals surface area contributed by atoms with E-state index in [1.807, 2.05) is 0 Å². The zero-order valence-corrected chi connectivity index (χ0v) is 11.7. The molecule has 0 aromatic rings. The van der Waals surface area contributed by atoms with Gasteiger partial charge >= 0.3 is 0 Å². The van der Waals surface area contributed by atoms with Gasteiger partial charge in [0.15, 0.2) is 0 Å². The minimum Gasteiger partial charge on any atom is -0.539 e. The van der Waals surface area contributed by atoms with Gasteiger partial charge in [-0.25, -0.2) is 6.29 Å². The Bertz CT molecular complexity index is 60.0. The second-order valence-electron chi connectivity index (χ2n) is 0.600. The van der Waals surface area contributed by atoms with Crippen LogP contribution >= 0.6 is 47.8 Å². The van der Waals surface area contributed by atoms with Crippen molar-refractivity contribution in [2.24, 2.45) is 0 Å². The van der Waals surface area contributed by atoms with Crippen LogP contribution < -0.4 is 0 Å². The van der Waals surface area contributed by atoms with E-state index in [2.05, 4.69) is 47.8 Å². The van der Waals surface area contributed by atoms with Crippen LogP contribution in [0.1, 0.15) is 0 Å². The minimum absolute atomic E-state index is 0. The molecule has 0 unspecified atom stereocenters. The molecule has 0 aliphatic heterocycles. The molecule has 47 valence electrons. The first kappa shape index (κ1) is 16.7. The summed E-state index contributed by atoms with van der Waals surface area (Å²) in [7, 11) is 0. The Hall–Kier alpha value is 2.21. The first-order valence-electron chi connectivity index (χ1n) is 1.02. The summed E-state index contributed by atoms with van der Waals surface area (Å²) in [4.78, 5) is 9.56. The van der Waals surface area contributed by atoms with Crippen LogP contribution in [0.3, 0.4) is 0 Å². The molecule has 5 heteroatoms. The van der Waals surface area contributed by atoms with Gasteiger partial charge in [0.1, 0.15) is 0 Å². The number of carbonyl (C=O) groups excluding carboxylic acids is 1. The molecule has 0 N–H and O–H groups in total. The van der Waals surface area contributed by atoms with Gasteiger partial charge in [-0.2, -0.15) is 0 Å². The molecular formula is C3H3Br3OY-2. The van der Waals surface area contributed by atoms with Crippen LogP contribution in [0.2, 0.25) is 0 Å². The van der Waals surface area contributed by atoms with Crippen molar-refractivity contribution in [1.82, 2.24) is 0 Å². The number of alkyl halides is 3. The molecule has 0 amide bonds. The van der Waals surface area contributed by atoms with Crippen molar-refractivity contribution >= 4 is 54.1 Å². The molecule has 0 aromatic carbocycles. The summed E-state index contributed by atoms with van der Waals surface area (Å²) < 4.78 is -0.826. The van der Waals surface area contributed by atoms with Crippen molar-refractivity contribution in [2.75, 3.05) is 0 Å². The third kappa shape index (κ3) is 15.7. The molecule has 0 spiro atoms. The molecule has 0 saturated carbocycles. The SMILES string of the molecule is O=[C-]C(Br)(Br)Br.[CH3-].[Y]. The maximum Gasteiger partial charge on any atom is 0.0428 e. The van der Waals surface area contributed by atoms with Crippen LogP contribution in [-0.4, -0.2) is 8.43 Å². The second-order valence-corrected chi connectivity index (χ2v) is 7.36. The maximum atomic E-state index is 9.56. The van der Waals surface area contributed by atoms with Gasteiger partial charge in [-0.3, -0.25) is 0 Å². The van der Waals surface area contributed by atoms with E-state index in [9.17, 15) is 4.79 Å². The molecule has 0 bridgehead atoms. The standard InChI is InChI=1S/C2Br3O.CH3.Y/c3-2(4,5)1-6;;/h;1H3;/q2*-1;. The fourth-order valence-electron chi connectivity index (χ4n) is 0. The summed E-state index contributed by atoms with van der Waals surface area (Å²) in [6.07, 6.45) is 1.60. The van der Waals surface area contributed by atoms with Gasteiger partial charge in [0.05, 0.1) is 0 Å². The van der Waals surface area contributed by atoms with Crippen molar-refractivity contribution in [3.8, 4) is 0 Å². The summed E-state index contributed by atoms with van der Waals surface area (Å²) in [6, 6.07) is 0. The van der Waals surface area contributed by atoms with E-state index in [-0.39, 0.29) is 40.1 Å². The maximum absolute atomic E-state index is 9.56. The first-order chi connectivity index (χ1) is 2.56. The van der Waals surface area contributed by atoms with Gasteiger partial charge in [-0.15, -0.1) is 0 Å². The van der Waals surface area contributed by atoms with Gasteiger partial charge in [-0.1, -0.05) is 47.8 Å². The van der Waals surface area contributed by atoms with Gasteiger partial charge < -0.3 is 12.2 Å². The quantitative estimate of drug-likeness (QED) is 0.464. The van der Waals surface area contributed by atoms with E-state index in [1.165, 1.54) is 0 Å². The summed E-state index contributed by atoms with van der Waals surface area (Å²) in [5.74, 6) is 0. The molecule has 0 rings (SSSR count). The zero-order chi connectivity index (χ0) is 5.21. The molecule has 0 atom stereocenters. The Morgan fingerprint density at radius 3 is 1.38 bits per heavy atom. The van der Waals surface area contributed by atoms with E-state index in [0.717, 1.165) is 0 Å². The third-order valence-corrected chi connectivity index (χ3v) is 0.601. The summed E-state index contributed by atoms with van der Waals surface area (Å²) >= 11 is 8.66. The molecule has 0 aliphatic rings. The number of halogens is 3. The second kappa shape index (κ2) is 7.32. The van der Waals surface area contributed by atoms with Gasteiger partial charge in [-0.05, 0) is 0 Å². The Morgan fingerprint density at radius 1 is 1.25 bits per heavy atom. The molecule has 0 fully saturated rings. The van der Waals surface area contributed by atoms with E-state index in [1.54, 1.807) is 6.29 Å². The van der Waals surface area contributed by atoms with Crippen molar-refractivity contribution in [2.45, 2.75) is 2.14 Å². The van der Waals surface area contributed by atoms with Crippen molar-refractivity contribution in [3.05, 3.63) is 7.43 Å². The Morgan fingerprint density at radius 2 is 1.38 bits per heavy atom. The van der Waals surface area contributed by atoms with Crippen LogP contribution in [0.5, 0.6) is 0 Å². The van der Waals surface area contributed by atoms with Crippen LogP contribution in [0, 0.1) is 7.43 Å². The molecule has 0 heterocycles. The van der Waals surface area contributed by atoms with E-state index in [4.69, 9.17) is 0 Å². The average Bonchev–Trinajstić information content (AvgIpc) is 1.35. The summed E-state index contributed by atoms with van der Waals surface area (Å²) in [5, 5.41) is 0. The molecule has 1 radical (unpaired) electrons. The van der Waals surface area contributed by atoms with E-state index in [0.29, 0.717) is 0 Å². The predicted molar refractivity (Wildman–Crippen MR) is 41.6 cm³/mol. The number of hydrogen-bond acceptors (Lipinski definition) is 1. The van der Waals surface area contributed by atoms with E-state index < -0.39 is 2.14 Å². The normalized spacial score (nSPS) is 8.38. The molecule has 0 aromatic heterocycles. The molecule has 0 aliphatic carbocycles. The summed E-state index contributed by atoms with van der Waals surface area (Å²) in [5.41, 5.74) is 0. The smallest absolute Gasteiger partial charge is 0.0428 e. The topological polar surface area (TPSA) is 17.1 Å². The van der Waals surface area contributed by atoms with Crippen molar-refractivity contribution in [1.29, 1.82) is 0 Å². The van der Waals surface area contributed by atoms with Crippen LogP contribution in [-0.2, 0) is 37.5 Å². The molecular weight excluding hydrogens is 381 g/mol. The molecule has 8 heavy (non-hydrogen) atoms. The molecule has 0 saturated heterocycles. The minimum atomic E-state index is -0.826. The first-order valence-corrected chi connectivity index (χ1v) is 3.40. The zero-order valence-electron chi connectivity index (χ0n) is 4.12. The van der Waals surface area contributed by atoms with Crippen LogP contribution in [0.25, 0.3) is 0 Å². The number of rotatable bonds is 0. The fourth-order valence-corrected chi connectivity index (χ4v) is 0. The average molecular weight is 384 g/mol. The monoisotopic (exact) mass is 381 g/mol. The van der Waals surface area contributed by atoms with Gasteiger partial charge in [0, 0.05) is 34.9 Å². The van der Waals surface area contributed by atoms with Gasteiger partial charge in [0.2, 0.25) is 0 Å². The summed E-state index contributed by atoms with van der Waals surface area (Å²) in [6.45, 7) is 0. The Labute approximate surface area is 99.6 Å². The van der Waals surface area contributed by atoms with Crippen LogP contribution in [0.4, 0.5) is 0 Å². The van der Waals surface area contributed by atoms with Crippen molar-refractivity contribution < 1.29 is 37.5 Å². The third-order valence-electron chi connectivity index (χ3n) is 0.116. The number of hydrogen-bond donors (Lipinski definition) is 0. The largest absolute Gasteiger partial charge is 0.539 e. The van der Waals surface area contributed by atoms with Gasteiger partial charge in [0.25, 0.3) is 0 Å². The van der Waals surface area contributed by atoms with E-state index >= 15 is 0 Å². The Kier molecular flexibility index (Phi) is 15.3.